The molecule has 3 aromatic rings. The van der Waals surface area contributed by atoms with Crippen LogP contribution >= 0.6 is 23.6 Å². The minimum absolute atomic E-state index is 0.256. The highest BCUT2D eigenvalue weighted by molar-refractivity contribution is 7.71. The van der Waals surface area contributed by atoms with Crippen LogP contribution in [-0.2, 0) is 6.42 Å². The van der Waals surface area contributed by atoms with Gasteiger partial charge in [-0.15, -0.1) is 16.4 Å². The van der Waals surface area contributed by atoms with E-state index in [2.05, 4.69) is 25.1 Å². The normalized spacial score (nSPS) is 10.8. The fourth-order valence-corrected chi connectivity index (χ4v) is 2.77. The van der Waals surface area contributed by atoms with Crippen LogP contribution in [0.1, 0.15) is 12.6 Å². The Balaban J connectivity index is 2.11. The van der Waals surface area contributed by atoms with Crippen molar-refractivity contribution in [2.75, 3.05) is 0 Å². The molecule has 0 atom stereocenters. The molecule has 0 bridgehead atoms. The third-order valence-electron chi connectivity index (χ3n) is 2.45. The number of thiazole rings is 1. The van der Waals surface area contributed by atoms with Gasteiger partial charge in [0.2, 0.25) is 0 Å². The molecule has 0 saturated heterocycles. The third kappa shape index (κ3) is 2.32. The summed E-state index contributed by atoms with van der Waals surface area (Å²) in [5.41, 5.74) is 1.65. The Morgan fingerprint density at radius 3 is 2.95 bits per heavy atom. The lowest BCUT2D eigenvalue weighted by Gasteiger charge is -1.91. The maximum Gasteiger partial charge on any atom is 0.284 e. The van der Waals surface area contributed by atoms with Gasteiger partial charge in [0.25, 0.3) is 10.7 Å². The number of nitrogens with one attached hydrogen (secondary N) is 1. The molecule has 0 radical (unpaired) electrons. The number of nitrogens with zero attached hydrogens (tertiary/aromatic N) is 4. The molecule has 8 heteroatoms. The van der Waals surface area contributed by atoms with Crippen molar-refractivity contribution >= 4 is 23.6 Å². The fraction of sp³-hybridized carbons (Fsp3) is 0.182. The lowest BCUT2D eigenvalue weighted by Crippen LogP contribution is -1.86. The molecule has 0 spiro atoms. The van der Waals surface area contributed by atoms with Crippen LogP contribution in [0.25, 0.3) is 21.5 Å². The number of aromatic nitrogens is 5. The second kappa shape index (κ2) is 4.98. The predicted octanol–water partition coefficient (Wildman–Crippen LogP) is 2.88. The van der Waals surface area contributed by atoms with Gasteiger partial charge in [0.1, 0.15) is 15.6 Å². The lowest BCUT2D eigenvalue weighted by atomic mass is 10.3. The molecule has 0 saturated carbocycles. The molecule has 0 amide bonds. The molecule has 0 fully saturated rings. The summed E-state index contributed by atoms with van der Waals surface area (Å²) in [6, 6.07) is 0. The summed E-state index contributed by atoms with van der Waals surface area (Å²) in [7, 11) is 0. The third-order valence-corrected chi connectivity index (χ3v) is 3.73. The van der Waals surface area contributed by atoms with Gasteiger partial charge in [-0.25, -0.2) is 10.1 Å². The van der Waals surface area contributed by atoms with E-state index in [1.807, 2.05) is 6.92 Å². The Morgan fingerprint density at radius 1 is 1.42 bits per heavy atom. The number of aromatic amines is 1. The molecule has 1 N–H and O–H groups in total. The number of rotatable bonds is 3. The molecule has 96 valence electrons. The second-order valence-electron chi connectivity index (χ2n) is 3.66. The minimum atomic E-state index is 0.256. The molecule has 3 rings (SSSR count). The molecular formula is C11H9N5OS2. The van der Waals surface area contributed by atoms with Crippen LogP contribution < -0.4 is 0 Å². The Morgan fingerprint density at radius 2 is 2.32 bits per heavy atom. The van der Waals surface area contributed by atoms with Crippen molar-refractivity contribution in [1.82, 2.24) is 25.1 Å². The molecule has 0 aromatic carbocycles. The molecule has 19 heavy (non-hydrogen) atoms. The summed E-state index contributed by atoms with van der Waals surface area (Å²) in [5, 5.41) is 7.45. The monoisotopic (exact) mass is 291 g/mol. The zero-order valence-corrected chi connectivity index (χ0v) is 11.6. The molecule has 0 aliphatic carbocycles. The Bertz CT molecular complexity index is 746. The van der Waals surface area contributed by atoms with Gasteiger partial charge < -0.3 is 4.42 Å². The number of H-pyrrole nitrogens is 1. The zero-order chi connectivity index (χ0) is 13.2. The summed E-state index contributed by atoms with van der Waals surface area (Å²) in [6.45, 7) is 2.03. The van der Waals surface area contributed by atoms with Crippen LogP contribution in [0.5, 0.6) is 0 Å². The van der Waals surface area contributed by atoms with Crippen LogP contribution in [0.3, 0.4) is 0 Å². The van der Waals surface area contributed by atoms with E-state index in [9.17, 15) is 0 Å². The van der Waals surface area contributed by atoms with Gasteiger partial charge >= 0.3 is 0 Å². The van der Waals surface area contributed by atoms with Crippen molar-refractivity contribution in [1.29, 1.82) is 0 Å². The quantitative estimate of drug-likeness (QED) is 0.747. The molecule has 6 nitrogen and oxygen atoms in total. The first-order valence-electron chi connectivity index (χ1n) is 5.60. The molecule has 0 unspecified atom stereocenters. The van der Waals surface area contributed by atoms with Gasteiger partial charge in [-0.1, -0.05) is 6.92 Å². The van der Waals surface area contributed by atoms with E-state index >= 15 is 0 Å². The van der Waals surface area contributed by atoms with Crippen molar-refractivity contribution in [3.63, 3.8) is 0 Å². The smallest absolute Gasteiger partial charge is 0.284 e. The molecule has 0 aliphatic rings. The Kier molecular flexibility index (Phi) is 3.18. The number of hydrogen-bond donors (Lipinski definition) is 1. The number of hydrogen-bond acceptors (Lipinski definition) is 7. The van der Waals surface area contributed by atoms with Gasteiger partial charge in [0.15, 0.2) is 0 Å². The average molecular weight is 291 g/mol. The van der Waals surface area contributed by atoms with Crippen LogP contribution in [0.4, 0.5) is 0 Å². The first kappa shape index (κ1) is 12.1. The van der Waals surface area contributed by atoms with E-state index in [4.69, 9.17) is 16.6 Å². The lowest BCUT2D eigenvalue weighted by molar-refractivity contribution is 0.552. The highest BCUT2D eigenvalue weighted by Gasteiger charge is 2.17. The van der Waals surface area contributed by atoms with Gasteiger partial charge in [-0.2, -0.15) is 0 Å². The van der Waals surface area contributed by atoms with E-state index in [1.54, 1.807) is 18.6 Å². The molecule has 3 aromatic heterocycles. The standard InChI is InChI=1S/C11H9N5OS2/c1-2-6-8(9-15-16-11(18)17-9)19-10(14-6)7-5-12-3-4-13-7/h3-5H,2H2,1H3,(H,16,18). The van der Waals surface area contributed by atoms with Gasteiger partial charge in [-0.05, 0) is 18.6 Å². The predicted molar refractivity (Wildman–Crippen MR) is 73.2 cm³/mol. The SMILES string of the molecule is CCc1nc(-c2cnccn2)sc1-c1n[nH]c(=S)o1. The average Bonchev–Trinajstić information content (AvgIpc) is 3.05. The minimum Gasteiger partial charge on any atom is -0.408 e. The molecule has 0 aliphatic heterocycles. The van der Waals surface area contributed by atoms with E-state index in [-0.39, 0.29) is 4.84 Å². The summed E-state index contributed by atoms with van der Waals surface area (Å²) in [6.07, 6.45) is 5.73. The Hall–Kier alpha value is -1.93. The maximum atomic E-state index is 5.34. The fourth-order valence-electron chi connectivity index (χ4n) is 1.60. The summed E-state index contributed by atoms with van der Waals surface area (Å²) in [5.74, 6) is 0.467. The van der Waals surface area contributed by atoms with Crippen molar-refractivity contribution < 1.29 is 4.42 Å². The van der Waals surface area contributed by atoms with Crippen LogP contribution in [0, 0.1) is 4.84 Å². The van der Waals surface area contributed by atoms with Gasteiger partial charge in [-0.3, -0.25) is 9.97 Å². The van der Waals surface area contributed by atoms with E-state index in [0.29, 0.717) is 5.89 Å². The van der Waals surface area contributed by atoms with Crippen LogP contribution in [0.2, 0.25) is 0 Å². The van der Waals surface area contributed by atoms with Crippen molar-refractivity contribution in [3.8, 4) is 21.5 Å². The van der Waals surface area contributed by atoms with Gasteiger partial charge in [0, 0.05) is 12.4 Å². The highest BCUT2D eigenvalue weighted by Crippen LogP contribution is 2.33. The van der Waals surface area contributed by atoms with Crippen LogP contribution in [-0.4, -0.2) is 25.1 Å². The maximum absolute atomic E-state index is 5.34. The molecular weight excluding hydrogens is 282 g/mol. The van der Waals surface area contributed by atoms with E-state index in [0.717, 1.165) is 27.7 Å². The second-order valence-corrected chi connectivity index (χ2v) is 5.03. The first-order chi connectivity index (χ1) is 9.28. The van der Waals surface area contributed by atoms with E-state index in [1.165, 1.54) is 11.3 Å². The molecule has 3 heterocycles. The summed E-state index contributed by atoms with van der Waals surface area (Å²) >= 11 is 6.36. The van der Waals surface area contributed by atoms with Gasteiger partial charge in [0.05, 0.1) is 11.9 Å². The summed E-state index contributed by atoms with van der Waals surface area (Å²) in [4.78, 5) is 14.0. The Labute approximate surface area is 117 Å². The summed E-state index contributed by atoms with van der Waals surface area (Å²) < 4.78 is 5.34. The number of aryl methyl sites for hydroxylation is 1. The van der Waals surface area contributed by atoms with E-state index < -0.39 is 0 Å². The first-order valence-corrected chi connectivity index (χ1v) is 6.82. The van der Waals surface area contributed by atoms with Crippen molar-refractivity contribution in [2.45, 2.75) is 13.3 Å². The largest absolute Gasteiger partial charge is 0.408 e. The van der Waals surface area contributed by atoms with Crippen molar-refractivity contribution in [3.05, 3.63) is 29.1 Å². The topological polar surface area (TPSA) is 80.5 Å². The van der Waals surface area contributed by atoms with Crippen LogP contribution in [0.15, 0.2) is 23.0 Å². The van der Waals surface area contributed by atoms with Crippen molar-refractivity contribution in [2.24, 2.45) is 0 Å². The highest BCUT2D eigenvalue weighted by atomic mass is 32.1. The zero-order valence-electron chi connectivity index (χ0n) is 9.95.